The van der Waals surface area contributed by atoms with Crippen LogP contribution in [-0.2, 0) is 12.8 Å². The molecule has 8 nitrogen and oxygen atoms in total. The Morgan fingerprint density at radius 1 is 1.18 bits per heavy atom. The lowest BCUT2D eigenvalue weighted by Crippen LogP contribution is -2.41. The molecule has 200 valence electrons. The number of aryl methyl sites for hydroxylation is 1. The van der Waals surface area contributed by atoms with Gasteiger partial charge in [-0.3, -0.25) is 20.6 Å². The fraction of sp³-hybridized carbons (Fsp3) is 0.333. The van der Waals surface area contributed by atoms with Crippen molar-refractivity contribution in [2.24, 2.45) is 0 Å². The molecule has 0 bridgehead atoms. The molecule has 38 heavy (non-hydrogen) atoms. The van der Waals surface area contributed by atoms with Crippen LogP contribution < -0.4 is 21.5 Å². The van der Waals surface area contributed by atoms with Gasteiger partial charge in [0.1, 0.15) is 5.82 Å². The molecule has 0 spiro atoms. The van der Waals surface area contributed by atoms with Crippen LogP contribution >= 0.6 is 23.8 Å². The van der Waals surface area contributed by atoms with Gasteiger partial charge in [0.2, 0.25) is 0 Å². The zero-order chi connectivity index (χ0) is 27.1. The van der Waals surface area contributed by atoms with Gasteiger partial charge >= 0.3 is 0 Å². The highest BCUT2D eigenvalue weighted by Crippen LogP contribution is 2.33. The lowest BCUT2D eigenvalue weighted by atomic mass is 9.96. The third kappa shape index (κ3) is 6.56. The summed E-state index contributed by atoms with van der Waals surface area (Å²) in [6, 6.07) is 8.19. The van der Waals surface area contributed by atoms with Crippen LogP contribution in [0.5, 0.6) is 0 Å². The van der Waals surface area contributed by atoms with E-state index in [4.69, 9.17) is 23.8 Å². The predicted octanol–water partition coefficient (Wildman–Crippen LogP) is 4.02. The summed E-state index contributed by atoms with van der Waals surface area (Å²) in [7, 11) is 0. The van der Waals surface area contributed by atoms with Gasteiger partial charge in [0.05, 0.1) is 16.6 Å². The van der Waals surface area contributed by atoms with Gasteiger partial charge in [-0.25, -0.2) is 9.37 Å². The number of anilines is 1. The lowest BCUT2D eigenvalue weighted by molar-refractivity contribution is 0.0948. The van der Waals surface area contributed by atoms with Crippen molar-refractivity contribution in [2.45, 2.75) is 32.7 Å². The maximum absolute atomic E-state index is 14.7. The standard InChI is InChI=1S/C27H31ClFN7OS/c1-3-36(4-2)13-12-31-26(37)18-14-22(28)25(32-15-18)34-35-27(38)33-24-20-6-5-7-23(29)19(20)9-8-17-10-11-30-16-21(17)24/h5-7,10-11,14-16,24H,3-4,8-9,12-13H2,1-2H3,(H,31,37)(H,32,34)(H2,33,35,38). The largest absolute Gasteiger partial charge is 0.351 e. The number of nitrogens with one attached hydrogen (secondary N) is 4. The molecule has 1 amide bonds. The molecule has 1 atom stereocenters. The molecule has 1 aliphatic carbocycles. The van der Waals surface area contributed by atoms with Crippen LogP contribution in [0.3, 0.4) is 0 Å². The Kier molecular flexibility index (Phi) is 9.43. The van der Waals surface area contributed by atoms with Gasteiger partial charge in [0.25, 0.3) is 5.91 Å². The van der Waals surface area contributed by atoms with Gasteiger partial charge in [0.15, 0.2) is 10.9 Å². The number of hydrazine groups is 1. The summed E-state index contributed by atoms with van der Waals surface area (Å²) in [5.41, 5.74) is 9.64. The van der Waals surface area contributed by atoms with Crippen molar-refractivity contribution in [3.63, 3.8) is 0 Å². The Labute approximate surface area is 232 Å². The molecule has 3 aromatic rings. The summed E-state index contributed by atoms with van der Waals surface area (Å²) in [5, 5.41) is 6.68. The van der Waals surface area contributed by atoms with Crippen molar-refractivity contribution in [1.29, 1.82) is 0 Å². The minimum absolute atomic E-state index is 0.236. The van der Waals surface area contributed by atoms with E-state index in [1.807, 2.05) is 12.1 Å². The van der Waals surface area contributed by atoms with Crippen LogP contribution in [-0.4, -0.2) is 52.1 Å². The molecule has 4 rings (SSSR count). The van der Waals surface area contributed by atoms with Gasteiger partial charge in [-0.05, 0) is 73.0 Å². The van der Waals surface area contributed by atoms with E-state index in [0.717, 1.165) is 36.3 Å². The quantitative estimate of drug-likeness (QED) is 0.232. The van der Waals surface area contributed by atoms with E-state index in [1.165, 1.54) is 12.3 Å². The highest BCUT2D eigenvalue weighted by atomic mass is 35.5. The van der Waals surface area contributed by atoms with E-state index in [1.54, 1.807) is 24.5 Å². The normalized spacial score (nSPS) is 14.2. The monoisotopic (exact) mass is 555 g/mol. The van der Waals surface area contributed by atoms with Gasteiger partial charge in [-0.1, -0.05) is 37.6 Å². The van der Waals surface area contributed by atoms with Crippen LogP contribution in [0.15, 0.2) is 48.9 Å². The molecule has 0 fully saturated rings. The maximum atomic E-state index is 14.7. The molecule has 2 heterocycles. The first-order valence-electron chi connectivity index (χ1n) is 12.6. The first-order chi connectivity index (χ1) is 18.4. The van der Waals surface area contributed by atoms with Crippen molar-refractivity contribution >= 4 is 40.7 Å². The summed E-state index contributed by atoms with van der Waals surface area (Å²) >= 11 is 11.9. The van der Waals surface area contributed by atoms with Crippen molar-refractivity contribution in [2.75, 3.05) is 31.6 Å². The number of aromatic nitrogens is 2. The van der Waals surface area contributed by atoms with Crippen molar-refractivity contribution in [3.8, 4) is 0 Å². The van der Waals surface area contributed by atoms with E-state index in [0.29, 0.717) is 36.3 Å². The molecular formula is C27H31ClFN7OS. The zero-order valence-corrected chi connectivity index (χ0v) is 22.9. The highest BCUT2D eigenvalue weighted by molar-refractivity contribution is 7.80. The van der Waals surface area contributed by atoms with Crippen LogP contribution in [0.25, 0.3) is 0 Å². The van der Waals surface area contributed by atoms with E-state index in [9.17, 15) is 9.18 Å². The molecular weight excluding hydrogens is 525 g/mol. The average molecular weight is 556 g/mol. The third-order valence-electron chi connectivity index (χ3n) is 6.65. The highest BCUT2D eigenvalue weighted by Gasteiger charge is 2.26. The van der Waals surface area contributed by atoms with Crippen LogP contribution in [0.4, 0.5) is 10.2 Å². The van der Waals surface area contributed by atoms with E-state index >= 15 is 0 Å². The Bertz CT molecular complexity index is 1300. The maximum Gasteiger partial charge on any atom is 0.252 e. The number of rotatable bonds is 9. The molecule has 11 heteroatoms. The Morgan fingerprint density at radius 2 is 2.00 bits per heavy atom. The summed E-state index contributed by atoms with van der Waals surface area (Å²) in [4.78, 5) is 23.3. The molecule has 0 radical (unpaired) electrons. The number of thiocarbonyl (C=S) groups is 1. The number of fused-ring (bicyclic) bond motifs is 2. The molecule has 1 aromatic carbocycles. The molecule has 4 N–H and O–H groups in total. The van der Waals surface area contributed by atoms with Crippen LogP contribution in [0, 0.1) is 5.82 Å². The first-order valence-corrected chi connectivity index (χ1v) is 13.4. The topological polar surface area (TPSA) is 94.2 Å². The van der Waals surface area contributed by atoms with E-state index in [2.05, 4.69) is 50.2 Å². The number of amides is 1. The molecule has 1 unspecified atom stereocenters. The van der Waals surface area contributed by atoms with Gasteiger partial charge in [-0.2, -0.15) is 0 Å². The second-order valence-electron chi connectivity index (χ2n) is 8.88. The zero-order valence-electron chi connectivity index (χ0n) is 21.4. The number of halogens is 2. The Hall–Kier alpha value is -3.34. The summed E-state index contributed by atoms with van der Waals surface area (Å²) in [6.07, 6.45) is 6.27. The SMILES string of the molecule is CCN(CC)CCNC(=O)c1cnc(NNC(=S)NC2c3cnccc3CCc3c(F)cccc32)c(Cl)c1. The van der Waals surface area contributed by atoms with Crippen LogP contribution in [0.1, 0.15) is 52.5 Å². The number of hydrogen-bond donors (Lipinski definition) is 4. The smallest absolute Gasteiger partial charge is 0.252 e. The van der Waals surface area contributed by atoms with Crippen LogP contribution in [0.2, 0.25) is 5.02 Å². The fourth-order valence-corrected chi connectivity index (χ4v) is 4.90. The Morgan fingerprint density at radius 3 is 2.76 bits per heavy atom. The molecule has 1 aliphatic rings. The number of pyridine rings is 2. The molecule has 0 saturated heterocycles. The fourth-order valence-electron chi connectivity index (χ4n) is 4.52. The van der Waals surface area contributed by atoms with Crippen molar-refractivity contribution in [3.05, 3.63) is 87.6 Å². The number of carbonyl (C=O) groups excluding carboxylic acids is 1. The van der Waals surface area contributed by atoms with E-state index < -0.39 is 0 Å². The predicted molar refractivity (Wildman–Crippen MR) is 152 cm³/mol. The molecule has 2 aromatic heterocycles. The summed E-state index contributed by atoms with van der Waals surface area (Å²) in [5.74, 6) is -0.167. The van der Waals surface area contributed by atoms with Gasteiger partial charge < -0.3 is 15.5 Å². The summed E-state index contributed by atoms with van der Waals surface area (Å²) < 4.78 is 14.7. The first kappa shape index (κ1) is 27.7. The lowest BCUT2D eigenvalue weighted by Gasteiger charge is -2.23. The van der Waals surface area contributed by atoms with E-state index in [-0.39, 0.29) is 27.9 Å². The number of carbonyl (C=O) groups is 1. The number of benzene rings is 1. The van der Waals surface area contributed by atoms with Crippen molar-refractivity contribution in [1.82, 2.24) is 30.9 Å². The van der Waals surface area contributed by atoms with Gasteiger partial charge in [-0.15, -0.1) is 0 Å². The Balaban J connectivity index is 1.40. The van der Waals surface area contributed by atoms with Crippen molar-refractivity contribution < 1.29 is 9.18 Å². The molecule has 0 saturated carbocycles. The number of nitrogens with zero attached hydrogens (tertiary/aromatic N) is 3. The minimum Gasteiger partial charge on any atom is -0.351 e. The van der Waals surface area contributed by atoms with Gasteiger partial charge in [0, 0.05) is 37.2 Å². The summed E-state index contributed by atoms with van der Waals surface area (Å²) in [6.45, 7) is 7.33. The second-order valence-corrected chi connectivity index (χ2v) is 9.69. The number of hydrogen-bond acceptors (Lipinski definition) is 6. The average Bonchev–Trinajstić information content (AvgIpc) is 3.08. The molecule has 0 aliphatic heterocycles. The second kappa shape index (κ2) is 12.9. The third-order valence-corrected chi connectivity index (χ3v) is 7.16. The number of likely N-dealkylation sites (N-methyl/N-ethyl adjacent to an activating group) is 1. The minimum atomic E-state index is -0.389.